The van der Waals surface area contributed by atoms with Crippen molar-refractivity contribution in [3.05, 3.63) is 30.3 Å². The van der Waals surface area contributed by atoms with Gasteiger partial charge in [0.2, 0.25) is 5.91 Å². The van der Waals surface area contributed by atoms with E-state index in [0.29, 0.717) is 6.54 Å². The van der Waals surface area contributed by atoms with E-state index in [1.807, 2.05) is 42.2 Å². The maximum atomic E-state index is 11.2. The number of carbonyl (C=O) groups excluding carboxylic acids is 1. The zero-order chi connectivity index (χ0) is 10.4. The first-order chi connectivity index (χ1) is 6.77. The van der Waals surface area contributed by atoms with Crippen LogP contribution < -0.4 is 10.2 Å². The van der Waals surface area contributed by atoms with Crippen LogP contribution in [0.3, 0.4) is 0 Å². The molecular formula is C11H16N2O. The topological polar surface area (TPSA) is 32.3 Å². The minimum Gasteiger partial charge on any atom is -0.363 e. The summed E-state index contributed by atoms with van der Waals surface area (Å²) in [6.07, 6.45) is 0. The molecule has 0 bridgehead atoms. The highest BCUT2D eigenvalue weighted by atomic mass is 16.1. The zero-order valence-corrected chi connectivity index (χ0v) is 8.66. The minimum absolute atomic E-state index is 0.0377. The van der Waals surface area contributed by atoms with Gasteiger partial charge in [0, 0.05) is 19.3 Å². The van der Waals surface area contributed by atoms with Gasteiger partial charge in [-0.1, -0.05) is 18.2 Å². The van der Waals surface area contributed by atoms with Crippen LogP contribution in [0.25, 0.3) is 0 Å². The number of benzene rings is 1. The van der Waals surface area contributed by atoms with Crippen LogP contribution in [-0.2, 0) is 4.79 Å². The number of likely N-dealkylation sites (N-methyl/N-ethyl adjacent to an activating group) is 2. The van der Waals surface area contributed by atoms with E-state index in [1.165, 1.54) is 0 Å². The largest absolute Gasteiger partial charge is 0.363 e. The molecule has 1 aromatic carbocycles. The fourth-order valence-electron chi connectivity index (χ4n) is 1.28. The van der Waals surface area contributed by atoms with Crippen molar-refractivity contribution in [2.75, 3.05) is 25.0 Å². The molecule has 1 rings (SSSR count). The predicted molar refractivity (Wildman–Crippen MR) is 58.4 cm³/mol. The van der Waals surface area contributed by atoms with Crippen molar-refractivity contribution >= 4 is 11.6 Å². The zero-order valence-electron chi connectivity index (χ0n) is 8.66. The number of carbonyl (C=O) groups is 1. The number of hydrogen-bond donors (Lipinski definition) is 1. The maximum absolute atomic E-state index is 11.2. The predicted octanol–water partition coefficient (Wildman–Crippen LogP) is 1.26. The van der Waals surface area contributed by atoms with E-state index in [2.05, 4.69) is 5.32 Å². The van der Waals surface area contributed by atoms with Crippen LogP contribution in [-0.4, -0.2) is 26.0 Å². The Bertz CT molecular complexity index is 285. The molecule has 0 unspecified atom stereocenters. The quantitative estimate of drug-likeness (QED) is 0.779. The Kier molecular flexibility index (Phi) is 3.98. The third-order valence-corrected chi connectivity index (χ3v) is 2.12. The monoisotopic (exact) mass is 192 g/mol. The Labute approximate surface area is 84.7 Å². The highest BCUT2D eigenvalue weighted by Crippen LogP contribution is 2.11. The number of amides is 1. The molecule has 0 aliphatic rings. The molecule has 3 heteroatoms. The first-order valence-corrected chi connectivity index (χ1v) is 4.78. The second kappa shape index (κ2) is 5.27. The Morgan fingerprint density at radius 1 is 1.36 bits per heavy atom. The Hall–Kier alpha value is -1.51. The standard InChI is InChI=1S/C11H16N2O/c1-3-13(9-11(14)12-2)10-7-5-4-6-8-10/h4-8H,3,9H2,1-2H3,(H,12,14). The van der Waals surface area contributed by atoms with Crippen molar-refractivity contribution < 1.29 is 4.79 Å². The molecule has 3 nitrogen and oxygen atoms in total. The Balaban J connectivity index is 2.68. The molecule has 0 spiro atoms. The lowest BCUT2D eigenvalue weighted by molar-refractivity contribution is -0.119. The van der Waals surface area contributed by atoms with E-state index in [9.17, 15) is 4.79 Å². The van der Waals surface area contributed by atoms with Crippen molar-refractivity contribution in [1.82, 2.24) is 5.32 Å². The molecule has 1 aromatic rings. The summed E-state index contributed by atoms with van der Waals surface area (Å²) in [5.41, 5.74) is 1.08. The summed E-state index contributed by atoms with van der Waals surface area (Å²) in [6.45, 7) is 3.28. The van der Waals surface area contributed by atoms with Gasteiger partial charge in [-0.25, -0.2) is 0 Å². The molecule has 0 aliphatic heterocycles. The Morgan fingerprint density at radius 2 is 2.00 bits per heavy atom. The highest BCUT2D eigenvalue weighted by molar-refractivity contribution is 5.80. The van der Waals surface area contributed by atoms with Crippen LogP contribution in [0.15, 0.2) is 30.3 Å². The van der Waals surface area contributed by atoms with Gasteiger partial charge >= 0.3 is 0 Å². The van der Waals surface area contributed by atoms with E-state index < -0.39 is 0 Å². The summed E-state index contributed by atoms with van der Waals surface area (Å²) >= 11 is 0. The number of nitrogens with one attached hydrogen (secondary N) is 1. The van der Waals surface area contributed by atoms with Crippen LogP contribution in [0.1, 0.15) is 6.92 Å². The first kappa shape index (κ1) is 10.6. The van der Waals surface area contributed by atoms with E-state index >= 15 is 0 Å². The molecule has 0 aliphatic carbocycles. The average molecular weight is 192 g/mol. The third-order valence-electron chi connectivity index (χ3n) is 2.12. The molecular weight excluding hydrogens is 176 g/mol. The number of nitrogens with zero attached hydrogens (tertiary/aromatic N) is 1. The lowest BCUT2D eigenvalue weighted by Gasteiger charge is -2.21. The molecule has 14 heavy (non-hydrogen) atoms. The fourth-order valence-corrected chi connectivity index (χ4v) is 1.28. The summed E-state index contributed by atoms with van der Waals surface area (Å²) in [5, 5.41) is 2.62. The van der Waals surface area contributed by atoms with Gasteiger partial charge < -0.3 is 10.2 Å². The van der Waals surface area contributed by atoms with Crippen LogP contribution >= 0.6 is 0 Å². The van der Waals surface area contributed by atoms with Gasteiger partial charge in [-0.3, -0.25) is 4.79 Å². The Morgan fingerprint density at radius 3 is 2.50 bits per heavy atom. The van der Waals surface area contributed by atoms with E-state index in [-0.39, 0.29) is 5.91 Å². The fraction of sp³-hybridized carbons (Fsp3) is 0.364. The lowest BCUT2D eigenvalue weighted by atomic mass is 10.3. The molecule has 0 atom stereocenters. The number of rotatable bonds is 4. The molecule has 0 saturated heterocycles. The summed E-state index contributed by atoms with van der Waals surface area (Å²) < 4.78 is 0. The lowest BCUT2D eigenvalue weighted by Crippen LogP contribution is -2.35. The van der Waals surface area contributed by atoms with Crippen LogP contribution in [0.4, 0.5) is 5.69 Å². The molecule has 76 valence electrons. The molecule has 1 N–H and O–H groups in total. The van der Waals surface area contributed by atoms with E-state index in [0.717, 1.165) is 12.2 Å². The van der Waals surface area contributed by atoms with Gasteiger partial charge in [0.15, 0.2) is 0 Å². The second-order valence-corrected chi connectivity index (χ2v) is 3.02. The summed E-state index contributed by atoms with van der Waals surface area (Å²) in [4.78, 5) is 13.2. The maximum Gasteiger partial charge on any atom is 0.239 e. The third kappa shape index (κ3) is 2.76. The van der Waals surface area contributed by atoms with Gasteiger partial charge in [0.25, 0.3) is 0 Å². The van der Waals surface area contributed by atoms with Crippen LogP contribution in [0.2, 0.25) is 0 Å². The SMILES string of the molecule is CCN(CC(=O)NC)c1ccccc1. The average Bonchev–Trinajstić information content (AvgIpc) is 2.26. The molecule has 0 aromatic heterocycles. The second-order valence-electron chi connectivity index (χ2n) is 3.02. The molecule has 0 heterocycles. The van der Waals surface area contributed by atoms with Crippen molar-refractivity contribution in [3.8, 4) is 0 Å². The first-order valence-electron chi connectivity index (χ1n) is 4.78. The van der Waals surface area contributed by atoms with Crippen molar-refractivity contribution in [1.29, 1.82) is 0 Å². The van der Waals surface area contributed by atoms with Gasteiger partial charge in [-0.05, 0) is 19.1 Å². The minimum atomic E-state index is 0.0377. The van der Waals surface area contributed by atoms with Gasteiger partial charge in [-0.2, -0.15) is 0 Å². The molecule has 0 radical (unpaired) electrons. The number of hydrogen-bond acceptors (Lipinski definition) is 2. The van der Waals surface area contributed by atoms with Crippen molar-refractivity contribution in [2.45, 2.75) is 6.92 Å². The summed E-state index contributed by atoms with van der Waals surface area (Å²) in [6, 6.07) is 9.93. The smallest absolute Gasteiger partial charge is 0.239 e. The molecule has 1 amide bonds. The van der Waals surface area contributed by atoms with Gasteiger partial charge in [0.1, 0.15) is 0 Å². The molecule has 0 saturated carbocycles. The van der Waals surface area contributed by atoms with E-state index in [1.54, 1.807) is 7.05 Å². The number of anilines is 1. The highest BCUT2D eigenvalue weighted by Gasteiger charge is 2.07. The van der Waals surface area contributed by atoms with Crippen molar-refractivity contribution in [3.63, 3.8) is 0 Å². The summed E-state index contributed by atoms with van der Waals surface area (Å²) in [7, 11) is 1.65. The summed E-state index contributed by atoms with van der Waals surface area (Å²) in [5.74, 6) is 0.0377. The van der Waals surface area contributed by atoms with Crippen LogP contribution in [0, 0.1) is 0 Å². The normalized spacial score (nSPS) is 9.57. The van der Waals surface area contributed by atoms with Crippen LogP contribution in [0.5, 0.6) is 0 Å². The number of para-hydroxylation sites is 1. The molecule has 0 fully saturated rings. The van der Waals surface area contributed by atoms with Gasteiger partial charge in [0.05, 0.1) is 6.54 Å². The van der Waals surface area contributed by atoms with Crippen molar-refractivity contribution in [2.24, 2.45) is 0 Å². The van der Waals surface area contributed by atoms with Gasteiger partial charge in [-0.15, -0.1) is 0 Å². The van der Waals surface area contributed by atoms with E-state index in [4.69, 9.17) is 0 Å².